The number of alkyl halides is 3. The summed E-state index contributed by atoms with van der Waals surface area (Å²) in [4.78, 5) is 21.2. The number of nitrogens with zero attached hydrogens (tertiary/aromatic N) is 4. The summed E-state index contributed by atoms with van der Waals surface area (Å²) in [6.45, 7) is 5.33. The highest BCUT2D eigenvalue weighted by Gasteiger charge is 2.31. The van der Waals surface area contributed by atoms with Gasteiger partial charge in [-0.2, -0.15) is 13.2 Å². The van der Waals surface area contributed by atoms with Gasteiger partial charge >= 0.3 is 6.18 Å². The maximum Gasteiger partial charge on any atom is 0.416 e. The predicted octanol–water partition coefficient (Wildman–Crippen LogP) is 6.01. The minimum absolute atomic E-state index is 0. The summed E-state index contributed by atoms with van der Waals surface area (Å²) in [6, 6.07) is 20.8. The third-order valence-electron chi connectivity index (χ3n) is 6.88. The average molecular weight is 556 g/mol. The predicted molar refractivity (Wildman–Crippen MR) is 149 cm³/mol. The van der Waals surface area contributed by atoms with Crippen molar-refractivity contribution in [3.05, 3.63) is 108 Å². The van der Waals surface area contributed by atoms with Crippen LogP contribution in [0.5, 0.6) is 0 Å². The van der Waals surface area contributed by atoms with Gasteiger partial charge in [0.15, 0.2) is 0 Å². The van der Waals surface area contributed by atoms with E-state index in [0.29, 0.717) is 44.0 Å². The first-order valence-electron chi connectivity index (χ1n) is 12.4. The van der Waals surface area contributed by atoms with Gasteiger partial charge in [-0.25, -0.2) is 0 Å². The van der Waals surface area contributed by atoms with Crippen molar-refractivity contribution in [3.63, 3.8) is 0 Å². The van der Waals surface area contributed by atoms with Gasteiger partial charge in [-0.15, -0.1) is 12.4 Å². The van der Waals surface area contributed by atoms with Crippen LogP contribution in [-0.2, 0) is 12.7 Å². The molecule has 1 fully saturated rings. The zero-order valence-electron chi connectivity index (χ0n) is 21.4. The molecule has 1 N–H and O–H groups in total. The van der Waals surface area contributed by atoms with Crippen molar-refractivity contribution in [1.29, 1.82) is 0 Å². The first-order chi connectivity index (χ1) is 18.3. The SMILES string of the molecule is Cc1c(CN2CCN(c3cccc(C(F)(F)F)c3)CC2)cc(-c2ccccc2)n1NC(=O)c1ccncc1.Cl. The van der Waals surface area contributed by atoms with E-state index < -0.39 is 11.7 Å². The second-order valence-electron chi connectivity index (χ2n) is 9.33. The van der Waals surface area contributed by atoms with Crippen LogP contribution < -0.4 is 10.3 Å². The van der Waals surface area contributed by atoms with Gasteiger partial charge in [-0.3, -0.25) is 24.8 Å². The Morgan fingerprint density at radius 2 is 1.62 bits per heavy atom. The van der Waals surface area contributed by atoms with Crippen molar-refractivity contribution >= 4 is 24.0 Å². The van der Waals surface area contributed by atoms with Crippen LogP contribution in [-0.4, -0.2) is 46.6 Å². The summed E-state index contributed by atoms with van der Waals surface area (Å²) >= 11 is 0. The molecule has 10 heteroatoms. The molecular weight excluding hydrogens is 527 g/mol. The Labute approximate surface area is 231 Å². The van der Waals surface area contributed by atoms with Crippen molar-refractivity contribution < 1.29 is 18.0 Å². The molecule has 2 aromatic heterocycles. The Bertz CT molecular complexity index is 1400. The van der Waals surface area contributed by atoms with E-state index in [1.807, 2.05) is 46.8 Å². The standard InChI is InChI=1S/C29H28F3N5O.ClH/c1-21-24(20-35-14-16-36(17-15-35)26-9-5-8-25(19-26)29(30,31)32)18-27(22-6-3-2-4-7-22)37(21)34-28(38)23-10-12-33-13-11-23;/h2-13,18-19H,14-17,20H2,1H3,(H,34,38);1H. The number of piperazine rings is 1. The molecule has 4 aromatic rings. The van der Waals surface area contributed by atoms with Crippen LogP contribution in [0.4, 0.5) is 18.9 Å². The molecule has 6 nitrogen and oxygen atoms in total. The minimum Gasteiger partial charge on any atom is -0.369 e. The second-order valence-corrected chi connectivity index (χ2v) is 9.33. The van der Waals surface area contributed by atoms with Gasteiger partial charge in [-0.1, -0.05) is 36.4 Å². The quantitative estimate of drug-likeness (QED) is 0.317. The largest absolute Gasteiger partial charge is 0.416 e. The molecule has 0 atom stereocenters. The van der Waals surface area contributed by atoms with Gasteiger partial charge < -0.3 is 4.90 Å². The number of aromatic nitrogens is 2. The summed E-state index contributed by atoms with van der Waals surface area (Å²) in [5.41, 5.74) is 7.36. The molecule has 1 saturated heterocycles. The summed E-state index contributed by atoms with van der Waals surface area (Å²) in [5.74, 6) is -0.232. The zero-order chi connectivity index (χ0) is 26.7. The minimum atomic E-state index is -4.36. The molecule has 39 heavy (non-hydrogen) atoms. The van der Waals surface area contributed by atoms with E-state index in [9.17, 15) is 18.0 Å². The van der Waals surface area contributed by atoms with E-state index in [0.717, 1.165) is 28.6 Å². The Morgan fingerprint density at radius 1 is 0.923 bits per heavy atom. The Morgan fingerprint density at radius 3 is 2.28 bits per heavy atom. The smallest absolute Gasteiger partial charge is 0.369 e. The molecule has 5 rings (SSSR count). The number of pyridine rings is 1. The monoisotopic (exact) mass is 555 g/mol. The Kier molecular flexibility index (Phi) is 8.62. The molecule has 0 saturated carbocycles. The van der Waals surface area contributed by atoms with Crippen molar-refractivity contribution in [2.24, 2.45) is 0 Å². The lowest BCUT2D eigenvalue weighted by Gasteiger charge is -2.36. The highest BCUT2D eigenvalue weighted by Crippen LogP contribution is 2.32. The van der Waals surface area contributed by atoms with Crippen molar-refractivity contribution in [2.75, 3.05) is 36.5 Å². The summed E-state index contributed by atoms with van der Waals surface area (Å²) in [7, 11) is 0. The van der Waals surface area contributed by atoms with Gasteiger partial charge in [0.1, 0.15) is 0 Å². The molecule has 1 amide bonds. The maximum atomic E-state index is 13.2. The molecule has 204 valence electrons. The van der Waals surface area contributed by atoms with Crippen LogP contribution >= 0.6 is 12.4 Å². The molecule has 0 bridgehead atoms. The third-order valence-corrected chi connectivity index (χ3v) is 6.88. The number of halogens is 4. The number of hydrogen-bond donors (Lipinski definition) is 1. The molecule has 0 aliphatic carbocycles. The highest BCUT2D eigenvalue weighted by atomic mass is 35.5. The highest BCUT2D eigenvalue weighted by molar-refractivity contribution is 6.00. The zero-order valence-corrected chi connectivity index (χ0v) is 22.2. The fourth-order valence-corrected chi connectivity index (χ4v) is 4.74. The van der Waals surface area contributed by atoms with E-state index in [1.165, 1.54) is 12.1 Å². The van der Waals surface area contributed by atoms with E-state index in [4.69, 9.17) is 0 Å². The lowest BCUT2D eigenvalue weighted by Crippen LogP contribution is -2.46. The van der Waals surface area contributed by atoms with E-state index in [2.05, 4.69) is 21.4 Å². The number of carbonyl (C=O) groups is 1. The molecule has 0 unspecified atom stereocenters. The first kappa shape index (κ1) is 28.2. The van der Waals surface area contributed by atoms with Crippen molar-refractivity contribution in [1.82, 2.24) is 14.6 Å². The number of carbonyl (C=O) groups excluding carboxylic acids is 1. The molecule has 1 aliphatic heterocycles. The topological polar surface area (TPSA) is 53.4 Å². The summed E-state index contributed by atoms with van der Waals surface area (Å²) in [5, 5.41) is 0. The van der Waals surface area contributed by atoms with Gasteiger partial charge in [0.2, 0.25) is 0 Å². The summed E-state index contributed by atoms with van der Waals surface area (Å²) in [6.07, 6.45) is -1.19. The molecule has 3 heterocycles. The van der Waals surface area contributed by atoms with E-state index in [-0.39, 0.29) is 18.3 Å². The Balaban J connectivity index is 0.00000353. The average Bonchev–Trinajstić information content (AvgIpc) is 3.24. The number of nitrogens with one attached hydrogen (secondary N) is 1. The third kappa shape index (κ3) is 6.43. The van der Waals surface area contributed by atoms with Crippen molar-refractivity contribution in [3.8, 4) is 11.3 Å². The van der Waals surface area contributed by atoms with E-state index >= 15 is 0 Å². The number of amides is 1. The van der Waals surface area contributed by atoms with Crippen LogP contribution in [0, 0.1) is 6.92 Å². The molecule has 0 spiro atoms. The molecule has 2 aromatic carbocycles. The number of hydrogen-bond acceptors (Lipinski definition) is 4. The van der Waals surface area contributed by atoms with Crippen LogP contribution in [0.2, 0.25) is 0 Å². The normalized spacial score (nSPS) is 14.1. The Hall–Kier alpha value is -3.82. The lowest BCUT2D eigenvalue weighted by atomic mass is 10.1. The van der Waals surface area contributed by atoms with Gasteiger partial charge in [0.05, 0.1) is 11.3 Å². The summed E-state index contributed by atoms with van der Waals surface area (Å²) < 4.78 is 41.3. The second kappa shape index (κ2) is 11.9. The van der Waals surface area contributed by atoms with Crippen LogP contribution in [0.3, 0.4) is 0 Å². The van der Waals surface area contributed by atoms with Crippen LogP contribution in [0.1, 0.15) is 27.2 Å². The van der Waals surface area contributed by atoms with Gasteiger partial charge in [0, 0.05) is 67.6 Å². The van der Waals surface area contributed by atoms with Crippen LogP contribution in [0.15, 0.2) is 85.2 Å². The van der Waals surface area contributed by atoms with Crippen molar-refractivity contribution in [2.45, 2.75) is 19.6 Å². The van der Waals surface area contributed by atoms with E-state index in [1.54, 1.807) is 30.6 Å². The fourth-order valence-electron chi connectivity index (χ4n) is 4.74. The molecule has 1 aliphatic rings. The lowest BCUT2D eigenvalue weighted by molar-refractivity contribution is -0.137. The number of anilines is 1. The number of rotatable bonds is 6. The van der Waals surface area contributed by atoms with Gasteiger partial charge in [-0.05, 0) is 48.9 Å². The molecule has 0 radical (unpaired) electrons. The van der Waals surface area contributed by atoms with Crippen LogP contribution in [0.25, 0.3) is 11.3 Å². The number of benzene rings is 2. The van der Waals surface area contributed by atoms with Gasteiger partial charge in [0.25, 0.3) is 5.91 Å². The first-order valence-corrected chi connectivity index (χ1v) is 12.4. The fraction of sp³-hybridized carbons (Fsp3) is 0.241. The molecular formula is C29H29ClF3N5O. The maximum absolute atomic E-state index is 13.2.